The number of carbonyl (C=O) groups excluding carboxylic acids is 2. The van der Waals surface area contributed by atoms with E-state index in [1.165, 1.54) is 238 Å². The smallest absolute Gasteiger partial charge is 0.306 e. The number of esters is 2. The number of allylic oxidation sites excluding steroid dienone is 8. The van der Waals surface area contributed by atoms with Gasteiger partial charge >= 0.3 is 11.9 Å². The molecule has 5 heteroatoms. The van der Waals surface area contributed by atoms with Crippen LogP contribution in [0.15, 0.2) is 48.6 Å². The van der Waals surface area contributed by atoms with Gasteiger partial charge in [-0.05, 0) is 77.0 Å². The van der Waals surface area contributed by atoms with Crippen LogP contribution in [0.1, 0.15) is 342 Å². The van der Waals surface area contributed by atoms with Crippen molar-refractivity contribution in [3.63, 3.8) is 0 Å². The van der Waals surface area contributed by atoms with Gasteiger partial charge in [-0.2, -0.15) is 0 Å². The molecule has 0 aromatic rings. The summed E-state index contributed by atoms with van der Waals surface area (Å²) in [4.78, 5) is 25.6. The van der Waals surface area contributed by atoms with Gasteiger partial charge in [-0.1, -0.05) is 301 Å². The number of ether oxygens (including phenoxy) is 3. The molecule has 0 aliphatic rings. The first kappa shape index (κ1) is 69.9. The van der Waals surface area contributed by atoms with Crippen LogP contribution in [0.4, 0.5) is 0 Å². The highest BCUT2D eigenvalue weighted by Crippen LogP contribution is 2.17. The van der Waals surface area contributed by atoms with E-state index in [1.54, 1.807) is 0 Å². The largest absolute Gasteiger partial charge is 0.462 e. The van der Waals surface area contributed by atoms with Gasteiger partial charge in [-0.15, -0.1) is 0 Å². The predicted octanol–water partition coefficient (Wildman–Crippen LogP) is 22.2. The molecule has 0 saturated heterocycles. The van der Waals surface area contributed by atoms with E-state index in [4.69, 9.17) is 14.2 Å². The molecular weight excluding hydrogens is 885 g/mol. The minimum Gasteiger partial charge on any atom is -0.462 e. The summed E-state index contributed by atoms with van der Waals surface area (Å²) in [5.74, 6) is -0.387. The maximum atomic E-state index is 12.9. The average molecular weight is 1010 g/mol. The number of carbonyl (C=O) groups is 2. The number of hydrogen-bond acceptors (Lipinski definition) is 5. The summed E-state index contributed by atoms with van der Waals surface area (Å²) < 4.78 is 17.6. The third-order valence-corrected chi connectivity index (χ3v) is 14.3. The summed E-state index contributed by atoms with van der Waals surface area (Å²) in [5.41, 5.74) is 0. The summed E-state index contributed by atoms with van der Waals surface area (Å²) >= 11 is 0. The third kappa shape index (κ3) is 60.4. The Morgan fingerprint density at radius 1 is 0.319 bits per heavy atom. The van der Waals surface area contributed by atoms with Gasteiger partial charge in [0.05, 0.1) is 6.61 Å². The summed E-state index contributed by atoms with van der Waals surface area (Å²) in [5, 5.41) is 0. The molecule has 0 rings (SSSR count). The molecule has 72 heavy (non-hydrogen) atoms. The van der Waals surface area contributed by atoms with Gasteiger partial charge in [0, 0.05) is 19.4 Å². The molecule has 0 saturated carbocycles. The third-order valence-electron chi connectivity index (χ3n) is 14.3. The van der Waals surface area contributed by atoms with Gasteiger partial charge in [0.1, 0.15) is 6.61 Å². The topological polar surface area (TPSA) is 61.8 Å². The molecule has 0 spiro atoms. The van der Waals surface area contributed by atoms with E-state index in [1.807, 2.05) is 0 Å². The molecule has 0 aromatic carbocycles. The molecule has 0 amide bonds. The maximum absolute atomic E-state index is 12.9. The minimum atomic E-state index is -0.541. The van der Waals surface area contributed by atoms with Crippen molar-refractivity contribution in [1.82, 2.24) is 0 Å². The Labute approximate surface area is 450 Å². The van der Waals surface area contributed by atoms with Crippen LogP contribution in [0, 0.1) is 0 Å². The second-order valence-corrected chi connectivity index (χ2v) is 21.6. The van der Waals surface area contributed by atoms with Gasteiger partial charge in [0.15, 0.2) is 6.10 Å². The molecule has 1 atom stereocenters. The fourth-order valence-corrected chi connectivity index (χ4v) is 9.58. The lowest BCUT2D eigenvalue weighted by molar-refractivity contribution is -0.163. The molecule has 0 aliphatic heterocycles. The van der Waals surface area contributed by atoms with Crippen LogP contribution in [0.2, 0.25) is 0 Å². The van der Waals surface area contributed by atoms with Crippen LogP contribution in [-0.4, -0.2) is 37.9 Å². The van der Waals surface area contributed by atoms with E-state index in [2.05, 4.69) is 69.4 Å². The van der Waals surface area contributed by atoms with E-state index in [0.29, 0.717) is 19.4 Å². The van der Waals surface area contributed by atoms with E-state index in [-0.39, 0.29) is 25.2 Å². The molecule has 0 bridgehead atoms. The lowest BCUT2D eigenvalue weighted by atomic mass is 10.0. The Balaban J connectivity index is 4.24. The van der Waals surface area contributed by atoms with Crippen LogP contribution in [-0.2, 0) is 23.8 Å². The van der Waals surface area contributed by atoms with Crippen molar-refractivity contribution in [3.05, 3.63) is 48.6 Å². The van der Waals surface area contributed by atoms with Crippen molar-refractivity contribution in [1.29, 1.82) is 0 Å². The first-order valence-electron chi connectivity index (χ1n) is 32.2. The number of hydrogen-bond donors (Lipinski definition) is 0. The van der Waals surface area contributed by atoms with Crippen molar-refractivity contribution in [2.75, 3.05) is 19.8 Å². The van der Waals surface area contributed by atoms with E-state index in [0.717, 1.165) is 70.6 Å². The zero-order valence-corrected chi connectivity index (χ0v) is 48.7. The lowest BCUT2D eigenvalue weighted by Gasteiger charge is -2.18. The van der Waals surface area contributed by atoms with E-state index in [9.17, 15) is 9.59 Å². The molecule has 0 aromatic heterocycles. The van der Waals surface area contributed by atoms with Crippen LogP contribution >= 0.6 is 0 Å². The number of rotatable bonds is 60. The quantitative estimate of drug-likeness (QED) is 0.0345. The molecule has 0 heterocycles. The molecule has 1 unspecified atom stereocenters. The van der Waals surface area contributed by atoms with Crippen molar-refractivity contribution in [2.24, 2.45) is 0 Å². The predicted molar refractivity (Wildman–Crippen MR) is 316 cm³/mol. The van der Waals surface area contributed by atoms with Crippen LogP contribution in [0.3, 0.4) is 0 Å². The monoisotopic (exact) mass is 1010 g/mol. The summed E-state index contributed by atoms with van der Waals surface area (Å²) in [6, 6.07) is 0. The zero-order chi connectivity index (χ0) is 52.0. The Morgan fingerprint density at radius 2 is 0.625 bits per heavy atom. The molecule has 0 radical (unpaired) electrons. The van der Waals surface area contributed by atoms with Crippen LogP contribution in [0.25, 0.3) is 0 Å². The average Bonchev–Trinajstić information content (AvgIpc) is 3.38. The Kier molecular flexibility index (Phi) is 61.3. The van der Waals surface area contributed by atoms with Gasteiger partial charge in [-0.25, -0.2) is 0 Å². The first-order valence-corrected chi connectivity index (χ1v) is 32.2. The Morgan fingerprint density at radius 3 is 1.01 bits per heavy atom. The van der Waals surface area contributed by atoms with Crippen molar-refractivity contribution in [2.45, 2.75) is 348 Å². The highest BCUT2D eigenvalue weighted by atomic mass is 16.6. The van der Waals surface area contributed by atoms with Gasteiger partial charge in [0.25, 0.3) is 0 Å². The van der Waals surface area contributed by atoms with Gasteiger partial charge < -0.3 is 14.2 Å². The van der Waals surface area contributed by atoms with Crippen molar-refractivity contribution < 1.29 is 23.8 Å². The SMILES string of the molecule is CC/C=C\C/C=C\C/C=C\CCCCCCCCCC(=O)OC(COCCCCCCCCCCCC/C=C\CCCCCCCC)COC(=O)CCCCCCCCCCCCCCCCCCCCC. The van der Waals surface area contributed by atoms with Gasteiger partial charge in [-0.3, -0.25) is 9.59 Å². The summed E-state index contributed by atoms with van der Waals surface area (Å²) in [7, 11) is 0. The van der Waals surface area contributed by atoms with Crippen molar-refractivity contribution >= 4 is 11.9 Å². The lowest BCUT2D eigenvalue weighted by Crippen LogP contribution is -2.30. The maximum Gasteiger partial charge on any atom is 0.306 e. The molecule has 0 fully saturated rings. The van der Waals surface area contributed by atoms with Gasteiger partial charge in [0.2, 0.25) is 0 Å². The molecular formula is C67H124O5. The molecule has 0 N–H and O–H groups in total. The first-order chi connectivity index (χ1) is 35.6. The fraction of sp³-hybridized carbons (Fsp3) is 0.851. The van der Waals surface area contributed by atoms with Crippen LogP contribution in [0.5, 0.6) is 0 Å². The minimum absolute atomic E-state index is 0.0855. The summed E-state index contributed by atoms with van der Waals surface area (Å²) in [6.07, 6.45) is 80.1. The standard InChI is InChI=1S/C67H124O5/c1-4-7-10-13-16-19-22-25-28-31-33-35-38-41-44-47-50-53-56-59-62-70-63-65(72-67(69)61-58-55-52-49-46-43-40-36-30-27-24-21-18-15-12-9-6-3)64-71-66(68)60-57-54-51-48-45-42-39-37-34-32-29-26-23-20-17-14-11-8-5-2/h9,12,18,21,25,27-28,30,65H,4-8,10-11,13-17,19-20,22-24,26,29,31-64H2,1-3H3/b12-9-,21-18-,28-25-,30-27-. The highest BCUT2D eigenvalue weighted by Gasteiger charge is 2.18. The summed E-state index contributed by atoms with van der Waals surface area (Å²) in [6.45, 7) is 7.77. The molecule has 0 aliphatic carbocycles. The van der Waals surface area contributed by atoms with Crippen molar-refractivity contribution in [3.8, 4) is 0 Å². The fourth-order valence-electron chi connectivity index (χ4n) is 9.58. The zero-order valence-electron chi connectivity index (χ0n) is 48.7. The second kappa shape index (κ2) is 63.2. The Hall–Kier alpha value is -2.14. The second-order valence-electron chi connectivity index (χ2n) is 21.6. The van der Waals surface area contributed by atoms with Crippen LogP contribution < -0.4 is 0 Å². The molecule has 422 valence electrons. The van der Waals surface area contributed by atoms with E-state index < -0.39 is 6.10 Å². The van der Waals surface area contributed by atoms with E-state index >= 15 is 0 Å². The Bertz CT molecular complexity index is 1190. The highest BCUT2D eigenvalue weighted by molar-refractivity contribution is 5.70. The normalized spacial score (nSPS) is 12.4. The molecule has 5 nitrogen and oxygen atoms in total. The number of unbranched alkanes of at least 4 members (excludes halogenated alkanes) is 41.